The summed E-state index contributed by atoms with van der Waals surface area (Å²) in [4.78, 5) is 0. The van der Waals surface area contributed by atoms with Gasteiger partial charge in [-0.2, -0.15) is 0 Å². The molecular formula is C13H20O3. The van der Waals surface area contributed by atoms with Gasteiger partial charge in [0.25, 0.3) is 0 Å². The van der Waals surface area contributed by atoms with E-state index in [9.17, 15) is 0 Å². The van der Waals surface area contributed by atoms with E-state index in [4.69, 9.17) is 14.9 Å². The second-order valence-electron chi connectivity index (χ2n) is 3.80. The van der Waals surface area contributed by atoms with E-state index >= 15 is 0 Å². The highest BCUT2D eigenvalue weighted by molar-refractivity contribution is 5.29. The first-order valence-electron chi connectivity index (χ1n) is 5.71. The van der Waals surface area contributed by atoms with Crippen molar-refractivity contribution in [3.63, 3.8) is 0 Å². The molecule has 0 bridgehead atoms. The third-order valence-electron chi connectivity index (χ3n) is 2.42. The van der Waals surface area contributed by atoms with Gasteiger partial charge in [0.15, 0.2) is 0 Å². The average molecular weight is 224 g/mol. The standard InChI is InChI=1S/C13H20O3/c1-2-11-6-12(9-15)8-13(7-11)10-16-5-3-4-14/h6-8,14-15H,2-5,9-10H2,1H3. The summed E-state index contributed by atoms with van der Waals surface area (Å²) in [5, 5.41) is 17.7. The summed E-state index contributed by atoms with van der Waals surface area (Å²) in [5.41, 5.74) is 3.23. The molecule has 0 fully saturated rings. The maximum absolute atomic E-state index is 9.12. The Balaban J connectivity index is 2.57. The Morgan fingerprint density at radius 3 is 2.38 bits per heavy atom. The van der Waals surface area contributed by atoms with Gasteiger partial charge in [-0.3, -0.25) is 0 Å². The van der Waals surface area contributed by atoms with Gasteiger partial charge in [0.2, 0.25) is 0 Å². The van der Waals surface area contributed by atoms with E-state index in [2.05, 4.69) is 13.0 Å². The quantitative estimate of drug-likeness (QED) is 0.692. The molecule has 0 atom stereocenters. The van der Waals surface area contributed by atoms with Gasteiger partial charge < -0.3 is 14.9 Å². The van der Waals surface area contributed by atoms with Crippen LogP contribution in [0.4, 0.5) is 0 Å². The monoisotopic (exact) mass is 224 g/mol. The Kier molecular flexibility index (Phi) is 6.08. The fourth-order valence-electron chi connectivity index (χ4n) is 1.57. The first kappa shape index (κ1) is 13.2. The highest BCUT2D eigenvalue weighted by Gasteiger charge is 2.00. The van der Waals surface area contributed by atoms with Crippen LogP contribution < -0.4 is 0 Å². The Labute approximate surface area is 96.7 Å². The molecule has 3 nitrogen and oxygen atoms in total. The molecule has 0 aliphatic heterocycles. The lowest BCUT2D eigenvalue weighted by Gasteiger charge is -2.08. The van der Waals surface area contributed by atoms with E-state index in [1.807, 2.05) is 12.1 Å². The van der Waals surface area contributed by atoms with Crippen LogP contribution in [0.15, 0.2) is 18.2 Å². The Bertz CT molecular complexity index is 288. The van der Waals surface area contributed by atoms with Crippen LogP contribution in [0.25, 0.3) is 0 Å². The molecule has 0 aliphatic rings. The molecule has 1 aromatic rings. The van der Waals surface area contributed by atoms with Crippen LogP contribution in [0.3, 0.4) is 0 Å². The molecule has 1 aromatic carbocycles. The first-order valence-corrected chi connectivity index (χ1v) is 5.71. The van der Waals surface area contributed by atoms with Gasteiger partial charge in [0.05, 0.1) is 13.2 Å². The van der Waals surface area contributed by atoms with Crippen molar-refractivity contribution in [3.05, 3.63) is 34.9 Å². The summed E-state index contributed by atoms with van der Waals surface area (Å²) >= 11 is 0. The molecule has 0 amide bonds. The number of rotatable bonds is 7. The van der Waals surface area contributed by atoms with Crippen molar-refractivity contribution in [2.45, 2.75) is 33.0 Å². The molecule has 0 heterocycles. The molecule has 3 heteroatoms. The van der Waals surface area contributed by atoms with Gasteiger partial charge in [-0.25, -0.2) is 0 Å². The maximum Gasteiger partial charge on any atom is 0.0717 e. The highest BCUT2D eigenvalue weighted by Crippen LogP contribution is 2.12. The maximum atomic E-state index is 9.12. The van der Waals surface area contributed by atoms with E-state index in [-0.39, 0.29) is 13.2 Å². The second-order valence-corrected chi connectivity index (χ2v) is 3.80. The zero-order valence-electron chi connectivity index (χ0n) is 9.78. The lowest BCUT2D eigenvalue weighted by molar-refractivity contribution is 0.104. The molecule has 0 unspecified atom stereocenters. The highest BCUT2D eigenvalue weighted by atomic mass is 16.5. The zero-order chi connectivity index (χ0) is 11.8. The summed E-state index contributed by atoms with van der Waals surface area (Å²) in [6, 6.07) is 6.06. The van der Waals surface area contributed by atoms with Crippen molar-refractivity contribution in [2.75, 3.05) is 13.2 Å². The minimum atomic E-state index is 0.0669. The van der Waals surface area contributed by atoms with Crippen LogP contribution >= 0.6 is 0 Å². The second kappa shape index (κ2) is 7.39. The lowest BCUT2D eigenvalue weighted by Crippen LogP contribution is -1.99. The van der Waals surface area contributed by atoms with E-state index in [1.165, 1.54) is 5.56 Å². The lowest BCUT2D eigenvalue weighted by atomic mass is 10.0. The third-order valence-corrected chi connectivity index (χ3v) is 2.42. The molecule has 2 N–H and O–H groups in total. The summed E-state index contributed by atoms with van der Waals surface area (Å²) in [7, 11) is 0. The van der Waals surface area contributed by atoms with Crippen molar-refractivity contribution in [1.82, 2.24) is 0 Å². The fraction of sp³-hybridized carbons (Fsp3) is 0.538. The van der Waals surface area contributed by atoms with Gasteiger partial charge in [-0.15, -0.1) is 0 Å². The molecule has 0 saturated heterocycles. The molecule has 1 rings (SSSR count). The van der Waals surface area contributed by atoms with Crippen LogP contribution in [0.5, 0.6) is 0 Å². The van der Waals surface area contributed by atoms with Crippen LogP contribution in [-0.2, 0) is 24.4 Å². The van der Waals surface area contributed by atoms with E-state index in [0.717, 1.165) is 17.5 Å². The minimum Gasteiger partial charge on any atom is -0.396 e. The number of aliphatic hydroxyl groups is 2. The number of hydrogen-bond donors (Lipinski definition) is 2. The Morgan fingerprint density at radius 2 is 1.75 bits per heavy atom. The molecule has 0 saturated carbocycles. The molecule has 0 aliphatic carbocycles. The van der Waals surface area contributed by atoms with Crippen molar-refractivity contribution in [1.29, 1.82) is 0 Å². The van der Waals surface area contributed by atoms with Gasteiger partial charge >= 0.3 is 0 Å². The predicted molar refractivity (Wildman–Crippen MR) is 63.1 cm³/mol. The minimum absolute atomic E-state index is 0.0669. The smallest absolute Gasteiger partial charge is 0.0717 e. The summed E-state index contributed by atoms with van der Waals surface area (Å²) < 4.78 is 5.42. The first-order chi connectivity index (χ1) is 7.80. The normalized spacial score (nSPS) is 10.7. The molecule has 0 radical (unpaired) electrons. The Morgan fingerprint density at radius 1 is 1.06 bits per heavy atom. The van der Waals surface area contributed by atoms with E-state index in [1.54, 1.807) is 0 Å². The summed E-state index contributed by atoms with van der Waals surface area (Å²) in [5.74, 6) is 0. The molecule has 16 heavy (non-hydrogen) atoms. The van der Waals surface area contributed by atoms with Crippen molar-refractivity contribution in [2.24, 2.45) is 0 Å². The van der Waals surface area contributed by atoms with Crippen molar-refractivity contribution in [3.8, 4) is 0 Å². The van der Waals surface area contributed by atoms with E-state index in [0.29, 0.717) is 19.6 Å². The number of aryl methyl sites for hydroxylation is 1. The van der Waals surface area contributed by atoms with Crippen LogP contribution in [0.1, 0.15) is 30.0 Å². The van der Waals surface area contributed by atoms with Gasteiger partial charge in [0, 0.05) is 13.2 Å². The van der Waals surface area contributed by atoms with Crippen LogP contribution in [0, 0.1) is 0 Å². The largest absolute Gasteiger partial charge is 0.396 e. The van der Waals surface area contributed by atoms with Gasteiger partial charge in [-0.05, 0) is 29.5 Å². The average Bonchev–Trinajstić information content (AvgIpc) is 2.34. The topological polar surface area (TPSA) is 49.7 Å². The number of hydrogen-bond acceptors (Lipinski definition) is 3. The number of benzene rings is 1. The number of ether oxygens (including phenoxy) is 1. The van der Waals surface area contributed by atoms with Gasteiger partial charge in [0.1, 0.15) is 0 Å². The Hall–Kier alpha value is -0.900. The molecular weight excluding hydrogens is 204 g/mol. The zero-order valence-corrected chi connectivity index (χ0v) is 9.78. The van der Waals surface area contributed by atoms with Gasteiger partial charge in [-0.1, -0.05) is 25.1 Å². The van der Waals surface area contributed by atoms with Crippen LogP contribution in [-0.4, -0.2) is 23.4 Å². The van der Waals surface area contributed by atoms with Crippen molar-refractivity contribution >= 4 is 0 Å². The third kappa shape index (κ3) is 4.31. The summed E-state index contributed by atoms with van der Waals surface area (Å²) in [6.45, 7) is 3.43. The van der Waals surface area contributed by atoms with E-state index < -0.39 is 0 Å². The number of aliphatic hydroxyl groups excluding tert-OH is 2. The van der Waals surface area contributed by atoms with Crippen molar-refractivity contribution < 1.29 is 14.9 Å². The molecule has 0 aromatic heterocycles. The summed E-state index contributed by atoms with van der Waals surface area (Å²) in [6.07, 6.45) is 1.62. The SMILES string of the molecule is CCc1cc(CO)cc(COCCCO)c1. The molecule has 90 valence electrons. The fourth-order valence-corrected chi connectivity index (χ4v) is 1.57. The predicted octanol–water partition coefficient (Wildman–Crippen LogP) is 1.64. The molecule has 0 spiro atoms. The van der Waals surface area contributed by atoms with Crippen LogP contribution in [0.2, 0.25) is 0 Å².